The molecule has 0 aromatic carbocycles. The first-order chi connectivity index (χ1) is 5.91. The summed E-state index contributed by atoms with van der Waals surface area (Å²) in [6.45, 7) is -0.863. The van der Waals surface area contributed by atoms with Crippen LogP contribution in [0.4, 0.5) is 0 Å². The summed E-state index contributed by atoms with van der Waals surface area (Å²) < 4.78 is 0. The molecule has 0 spiro atoms. The summed E-state index contributed by atoms with van der Waals surface area (Å²) in [7, 11) is 0. The van der Waals surface area contributed by atoms with Gasteiger partial charge in [0.05, 0.1) is 12.6 Å². The van der Waals surface area contributed by atoms with E-state index in [0.717, 1.165) is 0 Å². The van der Waals surface area contributed by atoms with Crippen molar-refractivity contribution in [2.45, 2.75) is 24.4 Å². The van der Waals surface area contributed by atoms with Gasteiger partial charge in [0.15, 0.2) is 0 Å². The van der Waals surface area contributed by atoms with Gasteiger partial charge < -0.3 is 40.9 Å². The Kier molecular flexibility index (Phi) is 14.1. The molecular formula is C6H12BaO8. The third kappa shape index (κ3) is 6.86. The van der Waals surface area contributed by atoms with Gasteiger partial charge in [-0.1, -0.05) is 0 Å². The van der Waals surface area contributed by atoms with E-state index < -0.39 is 37.0 Å². The summed E-state index contributed by atoms with van der Waals surface area (Å²) in [5, 5.41) is 53.4. The summed E-state index contributed by atoms with van der Waals surface area (Å²) in [5.74, 6) is -1.98. The van der Waals surface area contributed by atoms with Crippen LogP contribution in [0.2, 0.25) is 0 Å². The maximum atomic E-state index is 9.98. The fourth-order valence-corrected chi connectivity index (χ4v) is 0.662. The Hall–Kier alpha value is 0.801. The van der Waals surface area contributed by atoms with Gasteiger partial charge >= 0.3 is 48.9 Å². The van der Waals surface area contributed by atoms with E-state index in [1.54, 1.807) is 0 Å². The number of hydrogen-bond donors (Lipinski definition) is 5. The zero-order valence-corrected chi connectivity index (χ0v) is 12.2. The Bertz CT molecular complexity index is 177. The molecule has 0 aromatic heterocycles. The first-order valence-corrected chi connectivity index (χ1v) is 3.45. The van der Waals surface area contributed by atoms with Crippen LogP contribution in [0.25, 0.3) is 0 Å². The van der Waals surface area contributed by atoms with Crippen molar-refractivity contribution in [1.82, 2.24) is 0 Å². The van der Waals surface area contributed by atoms with Gasteiger partial charge in [-0.15, -0.1) is 0 Å². The number of carbonyl (C=O) groups excluding carboxylic acids is 1. The number of aliphatic carboxylic acids is 1. The quantitative estimate of drug-likeness (QED) is 0.306. The molecule has 0 unspecified atom stereocenters. The van der Waals surface area contributed by atoms with Gasteiger partial charge in [-0.05, 0) is 0 Å². The maximum absolute atomic E-state index is 9.98. The molecule has 0 saturated heterocycles. The van der Waals surface area contributed by atoms with Crippen LogP contribution in [0.15, 0.2) is 0 Å². The Balaban J connectivity index is -0.000000720. The number of rotatable bonds is 5. The Labute approximate surface area is 126 Å². The molecule has 0 fully saturated rings. The largest absolute Gasteiger partial charge is 2.00 e. The molecule has 0 saturated carbocycles. The minimum Gasteiger partial charge on any atom is -0.870 e. The molecule has 9 heteroatoms. The van der Waals surface area contributed by atoms with Crippen LogP contribution >= 0.6 is 0 Å². The number of carbonyl (C=O) groups is 1. The molecule has 0 rings (SSSR count). The van der Waals surface area contributed by atoms with Crippen molar-refractivity contribution in [2.75, 3.05) is 6.61 Å². The monoisotopic (exact) mass is 350 g/mol. The smallest absolute Gasteiger partial charge is 0.870 e. The number of carboxylic acids is 1. The van der Waals surface area contributed by atoms with E-state index in [1.807, 2.05) is 0 Å². The second-order valence-electron chi connectivity index (χ2n) is 2.49. The van der Waals surface area contributed by atoms with Crippen molar-refractivity contribution in [1.29, 1.82) is 0 Å². The SMILES string of the molecule is O=C([O-])[C@H](O)[C@@H](O)[C@H](O)[C@H](O)CO.[Ba+2].[OH-]. The standard InChI is InChI=1S/C6H12O7.Ba.H2O/c7-1-2(8)3(9)4(10)5(11)6(12)13;;/h2-5,7-11H,1H2,(H,12,13);;1H2/q;+2;/p-2/t2-,3-,4+,5-;;/m1../s1. The second kappa shape index (κ2) is 9.99. The molecule has 4 atom stereocenters. The van der Waals surface area contributed by atoms with Crippen LogP contribution in [-0.4, -0.2) is 117 Å². The molecule has 0 bridgehead atoms. The average Bonchev–Trinajstić information content (AvgIpc) is 2.12. The molecule has 15 heavy (non-hydrogen) atoms. The van der Waals surface area contributed by atoms with Crippen molar-refractivity contribution in [3.63, 3.8) is 0 Å². The van der Waals surface area contributed by atoms with E-state index in [2.05, 4.69) is 0 Å². The predicted octanol–water partition coefficient (Wildman–Crippen LogP) is -5.39. The Morgan fingerprint density at radius 1 is 1.13 bits per heavy atom. The van der Waals surface area contributed by atoms with Crippen molar-refractivity contribution >= 4 is 54.9 Å². The molecule has 0 aliphatic carbocycles. The molecule has 0 amide bonds. The summed E-state index contributed by atoms with van der Waals surface area (Å²) in [6.07, 6.45) is -8.08. The second-order valence-corrected chi connectivity index (χ2v) is 2.49. The fourth-order valence-electron chi connectivity index (χ4n) is 0.662. The molecule has 0 radical (unpaired) electrons. The zero-order valence-electron chi connectivity index (χ0n) is 7.72. The minimum absolute atomic E-state index is 0. The van der Waals surface area contributed by atoms with Crippen molar-refractivity contribution in [3.8, 4) is 0 Å². The summed E-state index contributed by atoms with van der Waals surface area (Å²) in [6, 6.07) is 0. The minimum atomic E-state index is -2.31. The van der Waals surface area contributed by atoms with Crippen LogP contribution in [0.3, 0.4) is 0 Å². The Morgan fingerprint density at radius 3 is 1.80 bits per heavy atom. The molecular weight excluding hydrogens is 337 g/mol. The zero-order chi connectivity index (χ0) is 10.6. The van der Waals surface area contributed by atoms with Gasteiger partial charge in [0, 0.05) is 0 Å². The Morgan fingerprint density at radius 2 is 1.53 bits per heavy atom. The maximum Gasteiger partial charge on any atom is 2.00 e. The third-order valence-electron chi connectivity index (χ3n) is 1.50. The summed E-state index contributed by atoms with van der Waals surface area (Å²) in [4.78, 5) is 9.98. The summed E-state index contributed by atoms with van der Waals surface area (Å²) in [5.41, 5.74) is 0. The predicted molar refractivity (Wildman–Crippen MR) is 43.8 cm³/mol. The van der Waals surface area contributed by atoms with Gasteiger partial charge in [-0.3, -0.25) is 0 Å². The van der Waals surface area contributed by atoms with E-state index in [4.69, 9.17) is 25.5 Å². The van der Waals surface area contributed by atoms with Gasteiger partial charge in [0.2, 0.25) is 0 Å². The molecule has 86 valence electrons. The van der Waals surface area contributed by atoms with E-state index in [1.165, 1.54) is 0 Å². The van der Waals surface area contributed by atoms with Crippen molar-refractivity contribution in [2.24, 2.45) is 0 Å². The van der Waals surface area contributed by atoms with Gasteiger partial charge in [-0.25, -0.2) is 0 Å². The van der Waals surface area contributed by atoms with Crippen LogP contribution < -0.4 is 5.11 Å². The van der Waals surface area contributed by atoms with E-state index in [9.17, 15) is 9.90 Å². The van der Waals surface area contributed by atoms with E-state index >= 15 is 0 Å². The fraction of sp³-hybridized carbons (Fsp3) is 0.833. The van der Waals surface area contributed by atoms with Crippen LogP contribution in [-0.2, 0) is 4.79 Å². The normalized spacial score (nSPS) is 17.7. The number of carboxylic acid groups (broad SMARTS) is 1. The van der Waals surface area contributed by atoms with Crippen LogP contribution in [0.1, 0.15) is 0 Å². The van der Waals surface area contributed by atoms with Gasteiger partial charge in [0.25, 0.3) is 0 Å². The van der Waals surface area contributed by atoms with Crippen molar-refractivity contribution in [3.05, 3.63) is 0 Å². The van der Waals surface area contributed by atoms with Gasteiger partial charge in [0.1, 0.15) is 24.4 Å². The molecule has 0 aromatic rings. The van der Waals surface area contributed by atoms with Crippen LogP contribution in [0.5, 0.6) is 0 Å². The first-order valence-electron chi connectivity index (χ1n) is 3.45. The molecule has 6 N–H and O–H groups in total. The average molecular weight is 349 g/mol. The number of aliphatic hydroxyl groups is 5. The molecule has 0 heterocycles. The molecule has 0 aliphatic rings. The third-order valence-corrected chi connectivity index (χ3v) is 1.50. The topological polar surface area (TPSA) is 171 Å². The van der Waals surface area contributed by atoms with Crippen molar-refractivity contribution < 1.29 is 40.9 Å². The first kappa shape index (κ1) is 21.1. The number of hydrogen-bond acceptors (Lipinski definition) is 8. The molecule has 0 aliphatic heterocycles. The van der Waals surface area contributed by atoms with Gasteiger partial charge in [-0.2, -0.15) is 0 Å². The van der Waals surface area contributed by atoms with E-state index in [-0.39, 0.29) is 54.4 Å². The number of aliphatic hydroxyl groups excluding tert-OH is 5. The summed E-state index contributed by atoms with van der Waals surface area (Å²) >= 11 is 0. The van der Waals surface area contributed by atoms with E-state index in [0.29, 0.717) is 0 Å². The van der Waals surface area contributed by atoms with Crippen LogP contribution in [0, 0.1) is 0 Å². The molecule has 8 nitrogen and oxygen atoms in total.